The number of fused-ring (bicyclic) bond motifs is 1. The van der Waals surface area contributed by atoms with E-state index in [1.165, 1.54) is 10.4 Å². The Balaban J connectivity index is 1.64. The van der Waals surface area contributed by atoms with E-state index in [-0.39, 0.29) is 10.8 Å². The summed E-state index contributed by atoms with van der Waals surface area (Å²) in [5, 5.41) is 2.90. The highest BCUT2D eigenvalue weighted by molar-refractivity contribution is 7.92. The molecule has 0 fully saturated rings. The molecule has 0 unspecified atom stereocenters. The number of aryl methyl sites for hydroxylation is 2. The zero-order valence-electron chi connectivity index (χ0n) is 16.8. The molecule has 1 aliphatic rings. The van der Waals surface area contributed by atoms with Crippen molar-refractivity contribution in [3.63, 3.8) is 0 Å². The summed E-state index contributed by atoms with van der Waals surface area (Å²) in [6, 6.07) is 21.4. The van der Waals surface area contributed by atoms with Crippen LogP contribution < -0.4 is 9.62 Å². The average Bonchev–Trinajstić information content (AvgIpc) is 2.79. The molecule has 1 N–H and O–H groups in total. The summed E-state index contributed by atoms with van der Waals surface area (Å²) < 4.78 is 28.2. The van der Waals surface area contributed by atoms with Gasteiger partial charge in [0.15, 0.2) is 0 Å². The number of benzene rings is 3. The van der Waals surface area contributed by atoms with Gasteiger partial charge in [-0.05, 0) is 60.7 Å². The molecule has 0 saturated heterocycles. The Hall–Kier alpha value is -3.12. The van der Waals surface area contributed by atoms with Crippen LogP contribution in [0.25, 0.3) is 0 Å². The maximum atomic E-state index is 13.4. The minimum absolute atomic E-state index is 0.121. The second-order valence-electron chi connectivity index (χ2n) is 7.30. The first-order chi connectivity index (χ1) is 14.5. The van der Waals surface area contributed by atoms with Gasteiger partial charge in [-0.25, -0.2) is 8.42 Å². The summed E-state index contributed by atoms with van der Waals surface area (Å²) in [6.45, 7) is 2.45. The molecule has 0 radical (unpaired) electrons. The van der Waals surface area contributed by atoms with Gasteiger partial charge < -0.3 is 5.32 Å². The van der Waals surface area contributed by atoms with Gasteiger partial charge in [0.25, 0.3) is 15.9 Å². The molecule has 0 bridgehead atoms. The predicted octanol–water partition coefficient (Wildman–Crippen LogP) is 4.64. The van der Waals surface area contributed by atoms with E-state index in [9.17, 15) is 13.2 Å². The van der Waals surface area contributed by atoms with Crippen molar-refractivity contribution in [3.8, 4) is 0 Å². The third-order valence-electron chi connectivity index (χ3n) is 5.40. The SMILES string of the molecule is CCc1ccccc1NC(=O)c1cccc(S(=O)(=O)N2CCCc3ccccc32)c1. The Bertz CT molecular complexity index is 1190. The molecule has 1 amide bonds. The van der Waals surface area contributed by atoms with Crippen LogP contribution in [0.3, 0.4) is 0 Å². The maximum absolute atomic E-state index is 13.4. The number of anilines is 2. The van der Waals surface area contributed by atoms with E-state index in [0.717, 1.165) is 41.8 Å². The van der Waals surface area contributed by atoms with Gasteiger partial charge in [-0.3, -0.25) is 9.10 Å². The van der Waals surface area contributed by atoms with Crippen LogP contribution in [0.2, 0.25) is 0 Å². The van der Waals surface area contributed by atoms with Crippen LogP contribution in [-0.2, 0) is 22.9 Å². The highest BCUT2D eigenvalue weighted by atomic mass is 32.2. The van der Waals surface area contributed by atoms with E-state index in [1.807, 2.05) is 55.5 Å². The number of nitrogens with one attached hydrogen (secondary N) is 1. The number of carbonyl (C=O) groups excluding carboxylic acids is 1. The van der Waals surface area contributed by atoms with Gasteiger partial charge in [0, 0.05) is 17.8 Å². The first-order valence-electron chi connectivity index (χ1n) is 10.1. The van der Waals surface area contributed by atoms with Gasteiger partial charge in [-0.15, -0.1) is 0 Å². The van der Waals surface area contributed by atoms with Crippen LogP contribution in [0.5, 0.6) is 0 Å². The molecule has 6 heteroatoms. The molecule has 4 rings (SSSR count). The minimum Gasteiger partial charge on any atom is -0.322 e. The van der Waals surface area contributed by atoms with Crippen molar-refractivity contribution in [1.82, 2.24) is 0 Å². The van der Waals surface area contributed by atoms with Crippen molar-refractivity contribution in [3.05, 3.63) is 89.5 Å². The van der Waals surface area contributed by atoms with Gasteiger partial charge in [0.2, 0.25) is 0 Å². The van der Waals surface area contributed by atoms with Crippen LogP contribution >= 0.6 is 0 Å². The number of sulfonamides is 1. The van der Waals surface area contributed by atoms with Gasteiger partial charge in [-0.1, -0.05) is 49.4 Å². The van der Waals surface area contributed by atoms with Gasteiger partial charge in [0.05, 0.1) is 10.6 Å². The van der Waals surface area contributed by atoms with Crippen LogP contribution in [0.4, 0.5) is 11.4 Å². The van der Waals surface area contributed by atoms with Crippen molar-refractivity contribution in [2.75, 3.05) is 16.2 Å². The zero-order valence-corrected chi connectivity index (χ0v) is 17.7. The number of hydrogen-bond acceptors (Lipinski definition) is 3. The lowest BCUT2D eigenvalue weighted by Gasteiger charge is -2.30. The van der Waals surface area contributed by atoms with Gasteiger partial charge >= 0.3 is 0 Å². The number of rotatable bonds is 5. The lowest BCUT2D eigenvalue weighted by Crippen LogP contribution is -2.35. The monoisotopic (exact) mass is 420 g/mol. The molecule has 0 spiro atoms. The maximum Gasteiger partial charge on any atom is 0.264 e. The van der Waals surface area contributed by atoms with E-state index >= 15 is 0 Å². The Morgan fingerprint density at radius 2 is 1.77 bits per heavy atom. The van der Waals surface area contributed by atoms with Gasteiger partial charge in [0.1, 0.15) is 0 Å². The molecule has 0 aromatic heterocycles. The number of amides is 1. The van der Waals surface area contributed by atoms with Crippen LogP contribution in [0.1, 0.15) is 34.8 Å². The molecule has 3 aromatic carbocycles. The number of hydrogen-bond donors (Lipinski definition) is 1. The molecule has 0 atom stereocenters. The zero-order chi connectivity index (χ0) is 21.1. The number of nitrogens with zero attached hydrogens (tertiary/aromatic N) is 1. The smallest absolute Gasteiger partial charge is 0.264 e. The normalized spacial score (nSPS) is 13.6. The molecule has 154 valence electrons. The summed E-state index contributed by atoms with van der Waals surface area (Å²) in [7, 11) is -3.76. The fourth-order valence-electron chi connectivity index (χ4n) is 3.82. The van der Waals surface area contributed by atoms with Gasteiger partial charge in [-0.2, -0.15) is 0 Å². The highest BCUT2D eigenvalue weighted by Gasteiger charge is 2.29. The van der Waals surface area contributed by atoms with E-state index < -0.39 is 10.0 Å². The van der Waals surface area contributed by atoms with E-state index in [0.29, 0.717) is 12.1 Å². The summed E-state index contributed by atoms with van der Waals surface area (Å²) in [4.78, 5) is 12.9. The summed E-state index contributed by atoms with van der Waals surface area (Å²) >= 11 is 0. The predicted molar refractivity (Wildman–Crippen MR) is 120 cm³/mol. The average molecular weight is 421 g/mol. The standard InChI is InChI=1S/C24H24N2O3S/c1-2-18-9-3-5-14-22(18)25-24(27)20-11-7-13-21(17-20)30(28,29)26-16-8-12-19-10-4-6-15-23(19)26/h3-7,9-11,13-15,17H,2,8,12,16H2,1H3,(H,25,27). The van der Waals surface area contributed by atoms with E-state index in [4.69, 9.17) is 0 Å². The molecular formula is C24H24N2O3S. The van der Waals surface area contributed by atoms with Crippen molar-refractivity contribution >= 4 is 27.3 Å². The number of carbonyl (C=O) groups is 1. The molecule has 3 aromatic rings. The lowest BCUT2D eigenvalue weighted by atomic mass is 10.0. The summed E-state index contributed by atoms with van der Waals surface area (Å²) in [6.07, 6.45) is 2.42. The van der Waals surface area contributed by atoms with Crippen molar-refractivity contribution in [2.45, 2.75) is 31.1 Å². The third kappa shape index (κ3) is 3.83. The molecule has 1 heterocycles. The van der Waals surface area contributed by atoms with Crippen LogP contribution in [-0.4, -0.2) is 20.9 Å². The second kappa shape index (κ2) is 8.32. The quantitative estimate of drug-likeness (QED) is 0.654. The largest absolute Gasteiger partial charge is 0.322 e. The Labute approximate surface area is 177 Å². The number of para-hydroxylation sites is 2. The fourth-order valence-corrected chi connectivity index (χ4v) is 5.41. The summed E-state index contributed by atoms with van der Waals surface area (Å²) in [5.41, 5.74) is 3.82. The first kappa shape index (κ1) is 20.2. The fraction of sp³-hybridized carbons (Fsp3) is 0.208. The Morgan fingerprint density at radius 3 is 2.60 bits per heavy atom. The van der Waals surface area contributed by atoms with E-state index in [1.54, 1.807) is 18.2 Å². The molecule has 30 heavy (non-hydrogen) atoms. The molecule has 0 saturated carbocycles. The minimum atomic E-state index is -3.76. The van der Waals surface area contributed by atoms with Crippen LogP contribution in [0, 0.1) is 0 Å². The van der Waals surface area contributed by atoms with E-state index in [2.05, 4.69) is 5.32 Å². The molecular weight excluding hydrogens is 396 g/mol. The third-order valence-corrected chi connectivity index (χ3v) is 7.21. The second-order valence-corrected chi connectivity index (χ2v) is 9.16. The van der Waals surface area contributed by atoms with Crippen molar-refractivity contribution in [1.29, 1.82) is 0 Å². The first-order valence-corrected chi connectivity index (χ1v) is 11.5. The Morgan fingerprint density at radius 1 is 1.00 bits per heavy atom. The molecule has 0 aliphatic carbocycles. The molecule has 5 nitrogen and oxygen atoms in total. The van der Waals surface area contributed by atoms with Crippen LogP contribution in [0.15, 0.2) is 77.7 Å². The Kier molecular flexibility index (Phi) is 5.59. The van der Waals surface area contributed by atoms with Crippen molar-refractivity contribution in [2.24, 2.45) is 0 Å². The highest BCUT2D eigenvalue weighted by Crippen LogP contribution is 2.32. The lowest BCUT2D eigenvalue weighted by molar-refractivity contribution is 0.102. The molecule has 1 aliphatic heterocycles. The van der Waals surface area contributed by atoms with Crippen molar-refractivity contribution < 1.29 is 13.2 Å². The topological polar surface area (TPSA) is 66.5 Å². The summed E-state index contributed by atoms with van der Waals surface area (Å²) in [5.74, 6) is -0.327.